The molecule has 16 heavy (non-hydrogen) atoms. The van der Waals surface area contributed by atoms with E-state index < -0.39 is 5.82 Å². The van der Waals surface area contributed by atoms with E-state index in [0.717, 1.165) is 37.9 Å². The van der Waals surface area contributed by atoms with Gasteiger partial charge in [-0.1, -0.05) is 23.2 Å². The first kappa shape index (κ1) is 12.2. The van der Waals surface area contributed by atoms with E-state index in [0.29, 0.717) is 10.9 Å². The third-order valence-corrected chi connectivity index (χ3v) is 3.70. The number of nitrogens with one attached hydrogen (secondary N) is 1. The number of piperidine rings is 1. The van der Waals surface area contributed by atoms with E-state index in [1.165, 1.54) is 6.07 Å². The Kier molecular flexibility index (Phi) is 4.06. The Bertz CT molecular complexity index is 376. The molecule has 0 amide bonds. The van der Waals surface area contributed by atoms with Crippen molar-refractivity contribution in [2.24, 2.45) is 5.92 Å². The van der Waals surface area contributed by atoms with Crippen LogP contribution in [0.5, 0.6) is 0 Å². The van der Waals surface area contributed by atoms with Crippen molar-refractivity contribution in [2.75, 3.05) is 13.1 Å². The van der Waals surface area contributed by atoms with Crippen LogP contribution in [0.2, 0.25) is 10.0 Å². The van der Waals surface area contributed by atoms with Gasteiger partial charge in [0.25, 0.3) is 0 Å². The zero-order valence-corrected chi connectivity index (χ0v) is 10.4. The minimum atomic E-state index is -0.444. The summed E-state index contributed by atoms with van der Waals surface area (Å²) in [5, 5.41) is 3.96. The fourth-order valence-corrected chi connectivity index (χ4v) is 2.53. The minimum absolute atomic E-state index is 0.160. The smallest absolute Gasteiger partial charge is 0.143 e. The first-order valence-electron chi connectivity index (χ1n) is 5.51. The molecule has 1 nitrogen and oxygen atoms in total. The lowest BCUT2D eigenvalue weighted by atomic mass is 9.91. The molecule has 1 aliphatic rings. The molecule has 1 fully saturated rings. The van der Waals surface area contributed by atoms with Crippen LogP contribution >= 0.6 is 23.2 Å². The first-order chi connectivity index (χ1) is 7.66. The zero-order valence-electron chi connectivity index (χ0n) is 8.90. The van der Waals surface area contributed by atoms with Crippen LogP contribution in [0, 0.1) is 11.7 Å². The summed E-state index contributed by atoms with van der Waals surface area (Å²) in [6.07, 6.45) is 3.18. The maximum absolute atomic E-state index is 13.1. The van der Waals surface area contributed by atoms with Gasteiger partial charge in [-0.3, -0.25) is 0 Å². The molecule has 1 aliphatic heterocycles. The van der Waals surface area contributed by atoms with E-state index in [-0.39, 0.29) is 5.02 Å². The van der Waals surface area contributed by atoms with Crippen molar-refractivity contribution in [3.63, 3.8) is 0 Å². The molecule has 0 saturated carbocycles. The van der Waals surface area contributed by atoms with Crippen molar-refractivity contribution >= 4 is 23.2 Å². The monoisotopic (exact) mass is 261 g/mol. The molecule has 1 aromatic rings. The van der Waals surface area contributed by atoms with Crippen molar-refractivity contribution in [3.8, 4) is 0 Å². The topological polar surface area (TPSA) is 12.0 Å². The molecule has 0 spiro atoms. The Hall–Kier alpha value is -0.310. The molecule has 0 radical (unpaired) electrons. The normalized spacial score (nSPS) is 17.7. The van der Waals surface area contributed by atoms with E-state index in [1.807, 2.05) is 0 Å². The Balaban J connectivity index is 2.11. The van der Waals surface area contributed by atoms with Crippen LogP contribution in [0.15, 0.2) is 12.1 Å². The second-order valence-electron chi connectivity index (χ2n) is 4.26. The lowest BCUT2D eigenvalue weighted by Gasteiger charge is -2.23. The van der Waals surface area contributed by atoms with E-state index >= 15 is 0 Å². The Labute approximate surface area is 105 Å². The first-order valence-corrected chi connectivity index (χ1v) is 6.26. The maximum atomic E-state index is 13.1. The fraction of sp³-hybridized carbons (Fsp3) is 0.500. The van der Waals surface area contributed by atoms with Gasteiger partial charge in [0.2, 0.25) is 0 Å². The van der Waals surface area contributed by atoms with Crippen molar-refractivity contribution in [2.45, 2.75) is 19.3 Å². The summed E-state index contributed by atoms with van der Waals surface area (Å²) in [5.74, 6) is 0.181. The summed E-state index contributed by atoms with van der Waals surface area (Å²) < 4.78 is 13.1. The van der Waals surface area contributed by atoms with Gasteiger partial charge in [0.1, 0.15) is 5.82 Å². The molecule has 0 aromatic heterocycles. The number of halogens is 3. The highest BCUT2D eigenvalue weighted by Gasteiger charge is 2.16. The molecule has 2 rings (SSSR count). The number of hydrogen-bond acceptors (Lipinski definition) is 1. The van der Waals surface area contributed by atoms with Gasteiger partial charge < -0.3 is 5.32 Å². The van der Waals surface area contributed by atoms with Crippen molar-refractivity contribution < 1.29 is 4.39 Å². The second-order valence-corrected chi connectivity index (χ2v) is 5.07. The molecular formula is C12H14Cl2FN. The van der Waals surface area contributed by atoms with Crippen LogP contribution in [0.3, 0.4) is 0 Å². The van der Waals surface area contributed by atoms with Crippen LogP contribution in [-0.4, -0.2) is 13.1 Å². The van der Waals surface area contributed by atoms with Gasteiger partial charge in [-0.25, -0.2) is 4.39 Å². The molecule has 1 N–H and O–H groups in total. The third-order valence-electron chi connectivity index (χ3n) is 3.06. The Morgan fingerprint density at radius 3 is 2.56 bits per heavy atom. The minimum Gasteiger partial charge on any atom is -0.317 e. The number of benzene rings is 1. The summed E-state index contributed by atoms with van der Waals surface area (Å²) in [7, 11) is 0. The molecule has 0 aliphatic carbocycles. The fourth-order valence-electron chi connectivity index (χ4n) is 2.12. The molecule has 1 heterocycles. The van der Waals surface area contributed by atoms with Crippen LogP contribution in [0.4, 0.5) is 4.39 Å². The lowest BCUT2D eigenvalue weighted by molar-refractivity contribution is 0.372. The van der Waals surface area contributed by atoms with Gasteiger partial charge in [0, 0.05) is 5.02 Å². The summed E-state index contributed by atoms with van der Waals surface area (Å²) in [5.41, 5.74) is 0.958. The van der Waals surface area contributed by atoms with Gasteiger partial charge in [-0.15, -0.1) is 0 Å². The van der Waals surface area contributed by atoms with Crippen LogP contribution in [0.1, 0.15) is 18.4 Å². The van der Waals surface area contributed by atoms with E-state index in [2.05, 4.69) is 5.32 Å². The van der Waals surface area contributed by atoms with Crippen LogP contribution in [0.25, 0.3) is 0 Å². The highest BCUT2D eigenvalue weighted by Crippen LogP contribution is 2.28. The number of hydrogen-bond donors (Lipinski definition) is 1. The summed E-state index contributed by atoms with van der Waals surface area (Å²) in [6, 6.07) is 2.96. The van der Waals surface area contributed by atoms with Crippen molar-refractivity contribution in [1.82, 2.24) is 5.32 Å². The predicted molar refractivity (Wildman–Crippen MR) is 65.7 cm³/mol. The van der Waals surface area contributed by atoms with Crippen molar-refractivity contribution in [3.05, 3.63) is 33.6 Å². The van der Waals surface area contributed by atoms with Gasteiger partial charge in [-0.2, -0.15) is 0 Å². The van der Waals surface area contributed by atoms with E-state index in [9.17, 15) is 4.39 Å². The number of rotatable bonds is 2. The predicted octanol–water partition coefficient (Wildman–Crippen LogP) is 3.67. The van der Waals surface area contributed by atoms with Gasteiger partial charge in [0.15, 0.2) is 0 Å². The van der Waals surface area contributed by atoms with Crippen LogP contribution in [-0.2, 0) is 6.42 Å². The Morgan fingerprint density at radius 1 is 1.19 bits per heavy atom. The van der Waals surface area contributed by atoms with Gasteiger partial charge >= 0.3 is 0 Å². The SMILES string of the molecule is Fc1cc(Cl)c(CC2CCNCC2)cc1Cl. The molecule has 0 atom stereocenters. The Morgan fingerprint density at radius 2 is 1.88 bits per heavy atom. The molecule has 4 heteroatoms. The van der Waals surface area contributed by atoms with Crippen LogP contribution < -0.4 is 5.32 Å². The van der Waals surface area contributed by atoms with E-state index in [1.54, 1.807) is 6.07 Å². The molecule has 0 unspecified atom stereocenters. The standard InChI is InChI=1S/C12H14Cl2FN/c13-10-7-12(15)11(14)6-9(10)5-8-1-3-16-4-2-8/h6-8,16H,1-5H2. The van der Waals surface area contributed by atoms with Gasteiger partial charge in [0.05, 0.1) is 5.02 Å². The third kappa shape index (κ3) is 2.88. The molecule has 0 bridgehead atoms. The summed E-state index contributed by atoms with van der Waals surface area (Å²) in [6.45, 7) is 2.11. The molecule has 1 saturated heterocycles. The largest absolute Gasteiger partial charge is 0.317 e. The summed E-state index contributed by atoms with van der Waals surface area (Å²) >= 11 is 11.8. The second kappa shape index (κ2) is 5.35. The maximum Gasteiger partial charge on any atom is 0.143 e. The van der Waals surface area contributed by atoms with E-state index in [4.69, 9.17) is 23.2 Å². The van der Waals surface area contributed by atoms with Crippen molar-refractivity contribution in [1.29, 1.82) is 0 Å². The molecular weight excluding hydrogens is 248 g/mol. The lowest BCUT2D eigenvalue weighted by Crippen LogP contribution is -2.28. The highest BCUT2D eigenvalue weighted by molar-refractivity contribution is 6.33. The average molecular weight is 262 g/mol. The molecule has 1 aromatic carbocycles. The quantitative estimate of drug-likeness (QED) is 0.802. The zero-order chi connectivity index (χ0) is 11.5. The average Bonchev–Trinajstić information content (AvgIpc) is 2.27. The summed E-state index contributed by atoms with van der Waals surface area (Å²) in [4.78, 5) is 0. The van der Waals surface area contributed by atoms with Gasteiger partial charge in [-0.05, 0) is 56.0 Å². The molecule has 88 valence electrons. The highest BCUT2D eigenvalue weighted by atomic mass is 35.5.